The van der Waals surface area contributed by atoms with E-state index in [1.807, 2.05) is 43.3 Å². The van der Waals surface area contributed by atoms with E-state index in [4.69, 9.17) is 4.74 Å². The SMILES string of the molecule is Cc1ccc(C(=O)OC2(C#N)C(=O)N(Cc3ccccc3)c3ccccc32)cc1. The maximum absolute atomic E-state index is 13.4. The summed E-state index contributed by atoms with van der Waals surface area (Å²) < 4.78 is 5.59. The van der Waals surface area contributed by atoms with Crippen molar-refractivity contribution in [1.82, 2.24) is 0 Å². The molecule has 0 fully saturated rings. The van der Waals surface area contributed by atoms with Gasteiger partial charge in [-0.15, -0.1) is 0 Å². The van der Waals surface area contributed by atoms with Crippen LogP contribution in [0.4, 0.5) is 5.69 Å². The van der Waals surface area contributed by atoms with Crippen LogP contribution in [0.25, 0.3) is 0 Å². The van der Waals surface area contributed by atoms with Crippen molar-refractivity contribution in [1.29, 1.82) is 5.26 Å². The Bertz CT molecular complexity index is 1120. The molecule has 0 aliphatic carbocycles. The van der Waals surface area contributed by atoms with Crippen molar-refractivity contribution in [3.63, 3.8) is 0 Å². The minimum Gasteiger partial charge on any atom is -0.426 e. The maximum Gasteiger partial charge on any atom is 0.340 e. The smallest absolute Gasteiger partial charge is 0.340 e. The molecule has 3 aromatic rings. The molecule has 3 aromatic carbocycles. The molecule has 1 aliphatic heterocycles. The lowest BCUT2D eigenvalue weighted by molar-refractivity contribution is -0.132. The Morgan fingerprint density at radius 1 is 1.00 bits per heavy atom. The molecule has 1 heterocycles. The van der Waals surface area contributed by atoms with Gasteiger partial charge in [-0.1, -0.05) is 66.2 Å². The summed E-state index contributed by atoms with van der Waals surface area (Å²) in [6, 6.07) is 25.2. The van der Waals surface area contributed by atoms with Gasteiger partial charge in [-0.3, -0.25) is 4.79 Å². The van der Waals surface area contributed by atoms with Gasteiger partial charge in [-0.25, -0.2) is 4.79 Å². The van der Waals surface area contributed by atoms with Crippen LogP contribution >= 0.6 is 0 Å². The Morgan fingerprint density at radius 3 is 2.34 bits per heavy atom. The Hall–Kier alpha value is -3.91. The molecule has 142 valence electrons. The molecule has 5 heteroatoms. The van der Waals surface area contributed by atoms with E-state index >= 15 is 0 Å². The Kier molecular flexibility index (Phi) is 4.61. The molecule has 0 saturated carbocycles. The first-order valence-corrected chi connectivity index (χ1v) is 9.22. The van der Waals surface area contributed by atoms with Gasteiger partial charge in [0.25, 0.3) is 5.91 Å². The molecule has 4 rings (SSSR count). The van der Waals surface area contributed by atoms with E-state index in [1.165, 1.54) is 4.90 Å². The average Bonchev–Trinajstić information content (AvgIpc) is 2.98. The van der Waals surface area contributed by atoms with Crippen LogP contribution in [0.2, 0.25) is 0 Å². The summed E-state index contributed by atoms with van der Waals surface area (Å²) in [5, 5.41) is 9.98. The highest BCUT2D eigenvalue weighted by molar-refractivity contribution is 6.10. The number of ether oxygens (including phenoxy) is 1. The number of nitrogens with zero attached hydrogens (tertiary/aromatic N) is 2. The van der Waals surface area contributed by atoms with Crippen LogP contribution in [0.3, 0.4) is 0 Å². The fourth-order valence-electron chi connectivity index (χ4n) is 3.46. The highest BCUT2D eigenvalue weighted by Gasteiger charge is 2.55. The molecule has 1 unspecified atom stereocenters. The van der Waals surface area contributed by atoms with Crippen molar-refractivity contribution in [2.75, 3.05) is 4.90 Å². The number of anilines is 1. The van der Waals surface area contributed by atoms with Crippen LogP contribution in [0.15, 0.2) is 78.9 Å². The Morgan fingerprint density at radius 2 is 1.66 bits per heavy atom. The van der Waals surface area contributed by atoms with Crippen molar-refractivity contribution in [3.05, 3.63) is 101 Å². The standard InChI is InChI=1S/C24H18N2O3/c1-17-11-13-19(14-12-17)22(27)29-24(16-25)20-9-5-6-10-21(20)26(23(24)28)15-18-7-3-2-4-8-18/h2-14H,15H2,1H3. The van der Waals surface area contributed by atoms with Crippen LogP contribution in [-0.2, 0) is 21.7 Å². The number of fused-ring (bicyclic) bond motifs is 1. The number of rotatable bonds is 4. The first-order chi connectivity index (χ1) is 14.0. The van der Waals surface area contributed by atoms with Crippen LogP contribution < -0.4 is 4.90 Å². The summed E-state index contributed by atoms with van der Waals surface area (Å²) in [7, 11) is 0. The van der Waals surface area contributed by atoms with Crippen LogP contribution in [0.1, 0.15) is 27.0 Å². The lowest BCUT2D eigenvalue weighted by Crippen LogP contribution is -2.42. The predicted octanol–water partition coefficient (Wildman–Crippen LogP) is 4.12. The molecule has 0 aromatic heterocycles. The number of nitriles is 1. The lowest BCUT2D eigenvalue weighted by atomic mass is 9.96. The number of carbonyl (C=O) groups excluding carboxylic acids is 2. The summed E-state index contributed by atoms with van der Waals surface area (Å²) in [6.07, 6.45) is 0. The van der Waals surface area contributed by atoms with Gasteiger partial charge in [0.2, 0.25) is 0 Å². The second-order valence-electron chi connectivity index (χ2n) is 6.94. The van der Waals surface area contributed by atoms with E-state index in [-0.39, 0.29) is 12.1 Å². The van der Waals surface area contributed by atoms with Crippen LogP contribution in [0, 0.1) is 18.3 Å². The lowest BCUT2D eigenvalue weighted by Gasteiger charge is -2.22. The molecule has 5 nitrogen and oxygen atoms in total. The third kappa shape index (κ3) is 3.15. The van der Waals surface area contributed by atoms with E-state index < -0.39 is 17.5 Å². The van der Waals surface area contributed by atoms with Gasteiger partial charge >= 0.3 is 11.6 Å². The fraction of sp³-hybridized carbons (Fsp3) is 0.125. The molecule has 0 saturated heterocycles. The third-order valence-electron chi connectivity index (χ3n) is 4.99. The number of esters is 1. The van der Waals surface area contributed by atoms with Gasteiger partial charge in [-0.05, 0) is 30.7 Å². The summed E-state index contributed by atoms with van der Waals surface area (Å²) in [5.74, 6) is -1.28. The van der Waals surface area contributed by atoms with Crippen molar-refractivity contribution in [2.45, 2.75) is 19.1 Å². The second-order valence-corrected chi connectivity index (χ2v) is 6.94. The summed E-state index contributed by atoms with van der Waals surface area (Å²) in [6.45, 7) is 2.19. The van der Waals surface area contributed by atoms with E-state index in [1.54, 1.807) is 48.5 Å². The number of hydrogen-bond donors (Lipinski definition) is 0. The van der Waals surface area contributed by atoms with Crippen molar-refractivity contribution in [2.24, 2.45) is 0 Å². The molecule has 0 N–H and O–H groups in total. The van der Waals surface area contributed by atoms with E-state index in [0.717, 1.165) is 11.1 Å². The normalized spacial score (nSPS) is 17.5. The average molecular weight is 382 g/mol. The zero-order valence-electron chi connectivity index (χ0n) is 15.8. The number of hydrogen-bond acceptors (Lipinski definition) is 4. The van der Waals surface area contributed by atoms with Crippen molar-refractivity contribution in [3.8, 4) is 6.07 Å². The number of carbonyl (C=O) groups is 2. The largest absolute Gasteiger partial charge is 0.426 e. The van der Waals surface area contributed by atoms with Gasteiger partial charge in [0.1, 0.15) is 6.07 Å². The van der Waals surface area contributed by atoms with Gasteiger partial charge < -0.3 is 9.64 Å². The van der Waals surface area contributed by atoms with Gasteiger partial charge in [0, 0.05) is 5.56 Å². The molecule has 1 aliphatic rings. The first-order valence-electron chi connectivity index (χ1n) is 9.22. The zero-order chi connectivity index (χ0) is 20.4. The number of amides is 1. The van der Waals surface area contributed by atoms with Gasteiger partial charge in [-0.2, -0.15) is 5.26 Å². The summed E-state index contributed by atoms with van der Waals surface area (Å²) in [5.41, 5.74) is 1.13. The second kappa shape index (κ2) is 7.25. The van der Waals surface area contributed by atoms with Gasteiger partial charge in [0.05, 0.1) is 17.8 Å². The van der Waals surface area contributed by atoms with E-state index in [0.29, 0.717) is 11.3 Å². The molecule has 1 amide bonds. The maximum atomic E-state index is 13.4. The topological polar surface area (TPSA) is 70.4 Å². The molecule has 29 heavy (non-hydrogen) atoms. The van der Waals surface area contributed by atoms with Crippen molar-refractivity contribution < 1.29 is 14.3 Å². The molecule has 1 atom stereocenters. The monoisotopic (exact) mass is 382 g/mol. The molecular weight excluding hydrogens is 364 g/mol. The highest BCUT2D eigenvalue weighted by atomic mass is 16.6. The fourth-order valence-corrected chi connectivity index (χ4v) is 3.46. The number of para-hydroxylation sites is 1. The molecular formula is C24H18N2O3. The predicted molar refractivity (Wildman–Crippen MR) is 108 cm³/mol. The summed E-state index contributed by atoms with van der Waals surface area (Å²) in [4.78, 5) is 27.6. The Balaban J connectivity index is 1.73. The molecule has 0 bridgehead atoms. The summed E-state index contributed by atoms with van der Waals surface area (Å²) >= 11 is 0. The van der Waals surface area contributed by atoms with E-state index in [9.17, 15) is 14.9 Å². The van der Waals surface area contributed by atoms with Crippen LogP contribution in [0.5, 0.6) is 0 Å². The quantitative estimate of drug-likeness (QED) is 0.637. The number of benzene rings is 3. The minimum absolute atomic E-state index is 0.280. The zero-order valence-corrected chi connectivity index (χ0v) is 15.8. The van der Waals surface area contributed by atoms with Crippen LogP contribution in [-0.4, -0.2) is 11.9 Å². The third-order valence-corrected chi connectivity index (χ3v) is 4.99. The molecule has 0 spiro atoms. The minimum atomic E-state index is -2.01. The van der Waals surface area contributed by atoms with Crippen molar-refractivity contribution >= 4 is 17.6 Å². The Labute approximate surface area is 168 Å². The number of aryl methyl sites for hydroxylation is 1. The van der Waals surface area contributed by atoms with E-state index in [2.05, 4.69) is 0 Å². The first kappa shape index (κ1) is 18.5. The van der Waals surface area contributed by atoms with Gasteiger partial charge in [0.15, 0.2) is 0 Å². The molecule has 0 radical (unpaired) electrons. The highest BCUT2D eigenvalue weighted by Crippen LogP contribution is 2.43.